The van der Waals surface area contributed by atoms with E-state index in [1.807, 2.05) is 6.92 Å². The first-order valence-electron chi connectivity index (χ1n) is 3.81. The zero-order valence-corrected chi connectivity index (χ0v) is 7.79. The molecule has 0 fully saturated rings. The second kappa shape index (κ2) is 5.11. The van der Waals surface area contributed by atoms with Crippen molar-refractivity contribution in [3.05, 3.63) is 24.3 Å². The van der Waals surface area contributed by atoms with E-state index >= 15 is 0 Å². The Labute approximate surface area is 76.2 Å². The standard InChI is InChI=1S/C8H12N2OS/c1-7(5-11)12-6-8-9-3-2-4-10-8/h2-4,7,11H,5-6H2,1H3. The molecule has 1 aromatic rings. The molecule has 1 rings (SSSR count). The van der Waals surface area contributed by atoms with Crippen LogP contribution in [0, 0.1) is 0 Å². The van der Waals surface area contributed by atoms with Crippen LogP contribution in [0.1, 0.15) is 12.7 Å². The molecule has 0 amide bonds. The minimum absolute atomic E-state index is 0.206. The van der Waals surface area contributed by atoms with Gasteiger partial charge in [0.15, 0.2) is 0 Å². The number of aliphatic hydroxyl groups is 1. The Morgan fingerprint density at radius 1 is 1.50 bits per heavy atom. The molecule has 66 valence electrons. The lowest BCUT2D eigenvalue weighted by Crippen LogP contribution is -2.03. The smallest absolute Gasteiger partial charge is 0.138 e. The van der Waals surface area contributed by atoms with Crippen LogP contribution >= 0.6 is 11.8 Å². The second-order valence-electron chi connectivity index (χ2n) is 2.47. The van der Waals surface area contributed by atoms with Gasteiger partial charge in [-0.2, -0.15) is 0 Å². The van der Waals surface area contributed by atoms with Crippen molar-refractivity contribution in [1.82, 2.24) is 9.97 Å². The average Bonchev–Trinajstić information content (AvgIpc) is 2.16. The Balaban J connectivity index is 2.33. The van der Waals surface area contributed by atoms with Crippen LogP contribution in [0.2, 0.25) is 0 Å². The number of hydrogen-bond acceptors (Lipinski definition) is 4. The molecule has 0 aliphatic rings. The molecule has 4 heteroatoms. The van der Waals surface area contributed by atoms with Gasteiger partial charge in [-0.1, -0.05) is 6.92 Å². The topological polar surface area (TPSA) is 46.0 Å². The summed E-state index contributed by atoms with van der Waals surface area (Å²) in [6.07, 6.45) is 3.46. The van der Waals surface area contributed by atoms with Gasteiger partial charge in [-0.15, -0.1) is 11.8 Å². The molecule has 0 bridgehead atoms. The molecule has 0 aliphatic carbocycles. The summed E-state index contributed by atoms with van der Waals surface area (Å²) in [6.45, 7) is 2.19. The van der Waals surface area contributed by atoms with Crippen LogP contribution in [0.25, 0.3) is 0 Å². The number of thioether (sulfide) groups is 1. The minimum atomic E-state index is 0.206. The highest BCUT2D eigenvalue weighted by Gasteiger charge is 2.01. The van der Waals surface area contributed by atoms with Crippen LogP contribution in [-0.2, 0) is 5.75 Å². The Morgan fingerprint density at radius 2 is 2.17 bits per heavy atom. The summed E-state index contributed by atoms with van der Waals surface area (Å²) < 4.78 is 0. The summed E-state index contributed by atoms with van der Waals surface area (Å²) in [4.78, 5) is 8.14. The molecule has 0 aromatic carbocycles. The van der Waals surface area contributed by atoms with E-state index in [1.54, 1.807) is 30.2 Å². The minimum Gasteiger partial charge on any atom is -0.395 e. The number of nitrogens with zero attached hydrogens (tertiary/aromatic N) is 2. The van der Waals surface area contributed by atoms with Crippen LogP contribution in [-0.4, -0.2) is 26.9 Å². The van der Waals surface area contributed by atoms with E-state index in [0.717, 1.165) is 11.6 Å². The zero-order chi connectivity index (χ0) is 8.81. The highest BCUT2D eigenvalue weighted by Crippen LogP contribution is 2.13. The van der Waals surface area contributed by atoms with Gasteiger partial charge >= 0.3 is 0 Å². The normalized spacial score (nSPS) is 12.8. The Kier molecular flexibility index (Phi) is 4.04. The summed E-state index contributed by atoms with van der Waals surface area (Å²) in [5.74, 6) is 1.59. The van der Waals surface area contributed by atoms with Gasteiger partial charge in [0.25, 0.3) is 0 Å². The van der Waals surface area contributed by atoms with Crippen LogP contribution in [0.4, 0.5) is 0 Å². The molecule has 1 N–H and O–H groups in total. The van der Waals surface area contributed by atoms with Crippen molar-refractivity contribution in [1.29, 1.82) is 0 Å². The second-order valence-corrected chi connectivity index (χ2v) is 3.90. The maximum Gasteiger partial charge on any atom is 0.138 e. The van der Waals surface area contributed by atoms with E-state index in [1.165, 1.54) is 0 Å². The molecular weight excluding hydrogens is 172 g/mol. The van der Waals surface area contributed by atoms with Gasteiger partial charge in [-0.3, -0.25) is 0 Å². The van der Waals surface area contributed by atoms with E-state index in [-0.39, 0.29) is 11.9 Å². The third-order valence-corrected chi connectivity index (χ3v) is 2.52. The van der Waals surface area contributed by atoms with Crippen LogP contribution in [0.15, 0.2) is 18.5 Å². The molecule has 1 unspecified atom stereocenters. The lowest BCUT2D eigenvalue weighted by molar-refractivity contribution is 0.300. The van der Waals surface area contributed by atoms with Crippen LogP contribution < -0.4 is 0 Å². The van der Waals surface area contributed by atoms with Crippen molar-refractivity contribution < 1.29 is 5.11 Å². The molecule has 0 aliphatic heterocycles. The molecule has 0 radical (unpaired) electrons. The monoisotopic (exact) mass is 184 g/mol. The fourth-order valence-corrected chi connectivity index (χ4v) is 1.36. The van der Waals surface area contributed by atoms with E-state index in [4.69, 9.17) is 5.11 Å². The van der Waals surface area contributed by atoms with Gasteiger partial charge < -0.3 is 5.11 Å². The lowest BCUT2D eigenvalue weighted by atomic mass is 10.5. The van der Waals surface area contributed by atoms with E-state index in [9.17, 15) is 0 Å². The Hall–Kier alpha value is -0.610. The lowest BCUT2D eigenvalue weighted by Gasteiger charge is -2.05. The fourth-order valence-electron chi connectivity index (χ4n) is 0.674. The number of hydrogen-bond donors (Lipinski definition) is 1. The third kappa shape index (κ3) is 3.19. The Bertz CT molecular complexity index is 218. The predicted octanol–water partition coefficient (Wildman–Crippen LogP) is 1.09. The van der Waals surface area contributed by atoms with Gasteiger partial charge in [-0.25, -0.2) is 9.97 Å². The zero-order valence-electron chi connectivity index (χ0n) is 6.97. The molecule has 0 spiro atoms. The molecule has 0 saturated carbocycles. The SMILES string of the molecule is CC(CO)SCc1ncccn1. The molecule has 1 atom stereocenters. The third-order valence-electron chi connectivity index (χ3n) is 1.37. The molecule has 3 nitrogen and oxygen atoms in total. The Morgan fingerprint density at radius 3 is 2.75 bits per heavy atom. The molecule has 12 heavy (non-hydrogen) atoms. The molecule has 1 heterocycles. The maximum atomic E-state index is 8.75. The predicted molar refractivity (Wildman–Crippen MR) is 49.9 cm³/mol. The van der Waals surface area contributed by atoms with Crippen LogP contribution in [0.5, 0.6) is 0 Å². The summed E-state index contributed by atoms with van der Waals surface area (Å²) in [6, 6.07) is 1.80. The van der Waals surface area contributed by atoms with E-state index in [2.05, 4.69) is 9.97 Å². The number of rotatable bonds is 4. The van der Waals surface area contributed by atoms with Gasteiger partial charge in [0.2, 0.25) is 0 Å². The summed E-state index contributed by atoms with van der Waals surface area (Å²) in [5.41, 5.74) is 0. The van der Waals surface area contributed by atoms with E-state index in [0.29, 0.717) is 0 Å². The van der Waals surface area contributed by atoms with Gasteiger partial charge in [0.1, 0.15) is 5.82 Å². The maximum absolute atomic E-state index is 8.75. The van der Waals surface area contributed by atoms with Crippen molar-refractivity contribution in [3.8, 4) is 0 Å². The summed E-state index contributed by atoms with van der Waals surface area (Å²) in [7, 11) is 0. The van der Waals surface area contributed by atoms with Gasteiger partial charge in [-0.05, 0) is 6.07 Å². The average molecular weight is 184 g/mol. The first kappa shape index (κ1) is 9.48. The van der Waals surface area contributed by atoms with Gasteiger partial charge in [0, 0.05) is 17.6 Å². The highest BCUT2D eigenvalue weighted by atomic mass is 32.2. The molecule has 0 saturated heterocycles. The first-order chi connectivity index (χ1) is 5.83. The fraction of sp³-hybridized carbons (Fsp3) is 0.500. The number of aliphatic hydroxyl groups excluding tert-OH is 1. The molecular formula is C8H12N2OS. The van der Waals surface area contributed by atoms with E-state index < -0.39 is 0 Å². The number of aromatic nitrogens is 2. The summed E-state index contributed by atoms with van der Waals surface area (Å²) in [5, 5.41) is 9.01. The first-order valence-corrected chi connectivity index (χ1v) is 4.86. The van der Waals surface area contributed by atoms with Crippen molar-refractivity contribution >= 4 is 11.8 Å². The van der Waals surface area contributed by atoms with Crippen LogP contribution in [0.3, 0.4) is 0 Å². The van der Waals surface area contributed by atoms with Crippen molar-refractivity contribution in [2.75, 3.05) is 6.61 Å². The van der Waals surface area contributed by atoms with Crippen molar-refractivity contribution in [3.63, 3.8) is 0 Å². The quantitative estimate of drug-likeness (QED) is 0.761. The van der Waals surface area contributed by atoms with Crippen molar-refractivity contribution in [2.24, 2.45) is 0 Å². The largest absolute Gasteiger partial charge is 0.395 e. The summed E-state index contributed by atoms with van der Waals surface area (Å²) >= 11 is 1.65. The van der Waals surface area contributed by atoms with Crippen molar-refractivity contribution in [2.45, 2.75) is 17.9 Å². The molecule has 1 aromatic heterocycles. The van der Waals surface area contributed by atoms with Gasteiger partial charge in [0.05, 0.1) is 12.4 Å². The highest BCUT2D eigenvalue weighted by molar-refractivity contribution is 7.99.